The molecule has 0 bridgehead atoms. The highest BCUT2D eigenvalue weighted by molar-refractivity contribution is 5.71. The van der Waals surface area contributed by atoms with Crippen molar-refractivity contribution in [2.45, 2.75) is 264 Å². The van der Waals surface area contributed by atoms with Crippen molar-refractivity contribution in [3.8, 4) is 0 Å². The van der Waals surface area contributed by atoms with Crippen LogP contribution in [0.15, 0.2) is 36.5 Å². The lowest BCUT2D eigenvalue weighted by molar-refractivity contribution is -0.167. The van der Waals surface area contributed by atoms with Crippen molar-refractivity contribution in [1.82, 2.24) is 0 Å². The van der Waals surface area contributed by atoms with Crippen molar-refractivity contribution in [1.29, 1.82) is 0 Å². The standard InChI is InChI=1S/C52H94O6/c1-4-7-10-13-16-18-20-22-24-25-26-27-29-30-32-34-36-39-42-45-51(54)57-48-49(47-56-50(53)44-41-38-15-12-9-6-3)58-52(55)46-43-40-37-35-33-31-28-23-21-19-17-14-11-8-5-2/h8,11,17,19,23,28,49H,4-7,9-10,12-16,18,20-22,24-27,29-48H2,1-3H3/b11-8-,19-17-,28-23-. The van der Waals surface area contributed by atoms with Gasteiger partial charge in [-0.25, -0.2) is 0 Å². The average molecular weight is 815 g/mol. The summed E-state index contributed by atoms with van der Waals surface area (Å²) in [5.41, 5.74) is 0. The predicted molar refractivity (Wildman–Crippen MR) is 247 cm³/mol. The van der Waals surface area contributed by atoms with Gasteiger partial charge in [0.2, 0.25) is 0 Å². The third-order valence-corrected chi connectivity index (χ3v) is 10.9. The second-order valence-corrected chi connectivity index (χ2v) is 16.7. The molecule has 0 heterocycles. The third-order valence-electron chi connectivity index (χ3n) is 10.9. The molecule has 0 aromatic heterocycles. The minimum absolute atomic E-state index is 0.0762. The van der Waals surface area contributed by atoms with Gasteiger partial charge < -0.3 is 14.2 Å². The zero-order valence-electron chi connectivity index (χ0n) is 38.6. The molecule has 6 heteroatoms. The van der Waals surface area contributed by atoms with Crippen LogP contribution < -0.4 is 0 Å². The Morgan fingerprint density at radius 3 is 1.05 bits per heavy atom. The Morgan fingerprint density at radius 1 is 0.362 bits per heavy atom. The largest absolute Gasteiger partial charge is 0.462 e. The maximum atomic E-state index is 12.7. The van der Waals surface area contributed by atoms with E-state index in [4.69, 9.17) is 14.2 Å². The van der Waals surface area contributed by atoms with Gasteiger partial charge in [0.15, 0.2) is 6.10 Å². The van der Waals surface area contributed by atoms with Gasteiger partial charge in [-0.15, -0.1) is 0 Å². The molecule has 0 fully saturated rings. The molecule has 0 rings (SSSR count). The van der Waals surface area contributed by atoms with Gasteiger partial charge in [-0.1, -0.05) is 224 Å². The number of hydrogen-bond acceptors (Lipinski definition) is 6. The van der Waals surface area contributed by atoms with Crippen LogP contribution in [0.2, 0.25) is 0 Å². The lowest BCUT2D eigenvalue weighted by Gasteiger charge is -2.18. The van der Waals surface area contributed by atoms with E-state index in [1.807, 2.05) is 0 Å². The number of unbranched alkanes of at least 4 members (excludes halogenated alkanes) is 28. The molecule has 0 aromatic carbocycles. The van der Waals surface area contributed by atoms with Crippen LogP contribution in [0.5, 0.6) is 0 Å². The normalized spacial score (nSPS) is 12.3. The molecule has 0 aliphatic rings. The topological polar surface area (TPSA) is 78.9 Å². The smallest absolute Gasteiger partial charge is 0.306 e. The van der Waals surface area contributed by atoms with E-state index in [0.717, 1.165) is 96.3 Å². The lowest BCUT2D eigenvalue weighted by atomic mass is 10.0. The second kappa shape index (κ2) is 47.3. The van der Waals surface area contributed by atoms with E-state index in [1.54, 1.807) is 0 Å². The summed E-state index contributed by atoms with van der Waals surface area (Å²) in [6, 6.07) is 0. The van der Waals surface area contributed by atoms with Crippen LogP contribution in [-0.4, -0.2) is 37.2 Å². The summed E-state index contributed by atoms with van der Waals surface area (Å²) in [7, 11) is 0. The highest BCUT2D eigenvalue weighted by Crippen LogP contribution is 2.16. The first-order valence-corrected chi connectivity index (χ1v) is 25.0. The quantitative estimate of drug-likeness (QED) is 0.0264. The Bertz CT molecular complexity index is 984. The molecule has 0 spiro atoms. The maximum Gasteiger partial charge on any atom is 0.306 e. The van der Waals surface area contributed by atoms with Crippen LogP contribution in [0.4, 0.5) is 0 Å². The summed E-state index contributed by atoms with van der Waals surface area (Å²) >= 11 is 0. The fraction of sp³-hybridized carbons (Fsp3) is 0.827. The average Bonchev–Trinajstić information content (AvgIpc) is 3.22. The Morgan fingerprint density at radius 2 is 0.672 bits per heavy atom. The second-order valence-electron chi connectivity index (χ2n) is 16.7. The molecular weight excluding hydrogens is 721 g/mol. The zero-order chi connectivity index (χ0) is 42.3. The fourth-order valence-corrected chi connectivity index (χ4v) is 7.16. The van der Waals surface area contributed by atoms with Gasteiger partial charge in [-0.3, -0.25) is 14.4 Å². The SMILES string of the molecule is CC/C=C\C/C=C\C/C=C\CCCCCCCC(=O)OC(COC(=O)CCCCCCCC)COC(=O)CCCCCCCCCCCCCCCCCCCCC. The van der Waals surface area contributed by atoms with Crippen LogP contribution in [0, 0.1) is 0 Å². The molecule has 0 radical (unpaired) electrons. The number of hydrogen-bond donors (Lipinski definition) is 0. The van der Waals surface area contributed by atoms with Gasteiger partial charge >= 0.3 is 17.9 Å². The first-order chi connectivity index (χ1) is 28.5. The monoisotopic (exact) mass is 815 g/mol. The Labute approximate surface area is 359 Å². The van der Waals surface area contributed by atoms with Gasteiger partial charge in [-0.05, 0) is 51.4 Å². The van der Waals surface area contributed by atoms with Gasteiger partial charge in [0.05, 0.1) is 0 Å². The van der Waals surface area contributed by atoms with Crippen LogP contribution in [0.1, 0.15) is 258 Å². The van der Waals surface area contributed by atoms with Crippen molar-refractivity contribution in [3.63, 3.8) is 0 Å². The molecule has 0 aromatic rings. The van der Waals surface area contributed by atoms with Crippen LogP contribution in [0.25, 0.3) is 0 Å². The predicted octanol–water partition coefficient (Wildman–Crippen LogP) is 16.1. The van der Waals surface area contributed by atoms with E-state index in [9.17, 15) is 14.4 Å². The minimum atomic E-state index is -0.774. The Hall–Kier alpha value is -2.37. The van der Waals surface area contributed by atoms with Gasteiger partial charge in [0, 0.05) is 19.3 Å². The van der Waals surface area contributed by atoms with Crippen LogP contribution >= 0.6 is 0 Å². The zero-order valence-corrected chi connectivity index (χ0v) is 38.6. The van der Waals surface area contributed by atoms with Gasteiger partial charge in [0.1, 0.15) is 13.2 Å². The molecule has 0 saturated heterocycles. The number of ether oxygens (including phenoxy) is 3. The van der Waals surface area contributed by atoms with E-state index in [2.05, 4.69) is 57.2 Å². The molecule has 0 saturated carbocycles. The van der Waals surface area contributed by atoms with E-state index in [0.29, 0.717) is 19.3 Å². The molecule has 0 amide bonds. The van der Waals surface area contributed by atoms with Crippen molar-refractivity contribution < 1.29 is 28.6 Å². The van der Waals surface area contributed by atoms with E-state index in [-0.39, 0.29) is 31.1 Å². The van der Waals surface area contributed by atoms with Crippen LogP contribution in [-0.2, 0) is 28.6 Å². The Kier molecular flexibility index (Phi) is 45.4. The summed E-state index contributed by atoms with van der Waals surface area (Å²) in [5.74, 6) is -0.895. The minimum Gasteiger partial charge on any atom is -0.462 e. The van der Waals surface area contributed by atoms with Crippen LogP contribution in [0.3, 0.4) is 0 Å². The molecule has 0 aliphatic carbocycles. The number of esters is 3. The van der Waals surface area contributed by atoms with E-state index < -0.39 is 6.10 Å². The summed E-state index contributed by atoms with van der Waals surface area (Å²) in [6.45, 7) is 6.47. The maximum absolute atomic E-state index is 12.7. The van der Waals surface area contributed by atoms with E-state index in [1.165, 1.54) is 122 Å². The summed E-state index contributed by atoms with van der Waals surface area (Å²) in [5, 5.41) is 0. The third kappa shape index (κ3) is 44.7. The molecule has 1 atom stereocenters. The van der Waals surface area contributed by atoms with Gasteiger partial charge in [0.25, 0.3) is 0 Å². The van der Waals surface area contributed by atoms with Crippen molar-refractivity contribution in [3.05, 3.63) is 36.5 Å². The number of carbonyl (C=O) groups excluding carboxylic acids is 3. The number of allylic oxidation sites excluding steroid dienone is 6. The van der Waals surface area contributed by atoms with Gasteiger partial charge in [-0.2, -0.15) is 0 Å². The van der Waals surface area contributed by atoms with Crippen molar-refractivity contribution in [2.24, 2.45) is 0 Å². The lowest BCUT2D eigenvalue weighted by Crippen LogP contribution is -2.30. The molecular formula is C52H94O6. The Balaban J connectivity index is 4.19. The van der Waals surface area contributed by atoms with Crippen molar-refractivity contribution in [2.75, 3.05) is 13.2 Å². The molecule has 6 nitrogen and oxygen atoms in total. The van der Waals surface area contributed by atoms with Crippen molar-refractivity contribution >= 4 is 17.9 Å². The first-order valence-electron chi connectivity index (χ1n) is 25.0. The molecule has 58 heavy (non-hydrogen) atoms. The first kappa shape index (κ1) is 55.6. The van der Waals surface area contributed by atoms with E-state index >= 15 is 0 Å². The summed E-state index contributed by atoms with van der Waals surface area (Å²) < 4.78 is 16.7. The summed E-state index contributed by atoms with van der Waals surface area (Å²) in [4.78, 5) is 37.7. The molecule has 1 unspecified atom stereocenters. The highest BCUT2D eigenvalue weighted by Gasteiger charge is 2.19. The fourth-order valence-electron chi connectivity index (χ4n) is 7.16. The molecule has 0 aliphatic heterocycles. The highest BCUT2D eigenvalue weighted by atomic mass is 16.6. The number of rotatable bonds is 45. The number of carbonyl (C=O) groups is 3. The summed E-state index contributed by atoms with van der Waals surface area (Å²) in [6.07, 6.45) is 54.4. The molecule has 0 N–H and O–H groups in total. The molecule has 338 valence electrons.